The van der Waals surface area contributed by atoms with E-state index in [4.69, 9.17) is 0 Å². The zero-order chi connectivity index (χ0) is 20.8. The Morgan fingerprint density at radius 3 is 2.50 bits per heavy atom. The molecule has 0 spiro atoms. The average molecular weight is 406 g/mol. The van der Waals surface area contributed by atoms with Crippen molar-refractivity contribution in [3.05, 3.63) is 77.4 Å². The van der Waals surface area contributed by atoms with Gasteiger partial charge in [-0.25, -0.2) is 0 Å². The van der Waals surface area contributed by atoms with Gasteiger partial charge < -0.3 is 14.7 Å². The fourth-order valence-electron chi connectivity index (χ4n) is 4.91. The molecule has 0 unspecified atom stereocenters. The van der Waals surface area contributed by atoms with Crippen molar-refractivity contribution in [3.63, 3.8) is 0 Å². The highest BCUT2D eigenvalue weighted by Gasteiger charge is 2.30. The Balaban J connectivity index is 1.24. The van der Waals surface area contributed by atoms with E-state index in [-0.39, 0.29) is 6.04 Å². The lowest BCUT2D eigenvalue weighted by atomic mass is 9.87. The number of carbonyl (C=O) groups excluding carboxylic acids is 1. The quantitative estimate of drug-likeness (QED) is 0.738. The molecule has 2 aliphatic rings. The Bertz CT molecular complexity index is 856. The average Bonchev–Trinajstić information content (AvgIpc) is 2.80. The van der Waals surface area contributed by atoms with Gasteiger partial charge >= 0.3 is 0 Å². The zero-order valence-corrected chi connectivity index (χ0v) is 18.1. The van der Waals surface area contributed by atoms with Crippen molar-refractivity contribution < 1.29 is 14.6 Å². The Morgan fingerprint density at radius 1 is 1.00 bits per heavy atom. The number of hydrogen-bond acceptors (Lipinski definition) is 1. The molecule has 1 aliphatic carbocycles. The first-order valence-electron chi connectivity index (χ1n) is 11.4. The van der Waals surface area contributed by atoms with Crippen LogP contribution >= 0.6 is 0 Å². The molecule has 0 aromatic heterocycles. The molecule has 2 N–H and O–H groups in total. The Kier molecular flexibility index (Phi) is 6.98. The molecule has 0 bridgehead atoms. The summed E-state index contributed by atoms with van der Waals surface area (Å²) in [6.45, 7) is 6.12. The minimum absolute atomic E-state index is 0.247. The van der Waals surface area contributed by atoms with E-state index in [2.05, 4.69) is 66.7 Å². The lowest BCUT2D eigenvalue weighted by molar-refractivity contribution is -1.01. The van der Waals surface area contributed by atoms with Gasteiger partial charge in [0.2, 0.25) is 0 Å². The van der Waals surface area contributed by atoms with Gasteiger partial charge in [0.25, 0.3) is 5.91 Å². The van der Waals surface area contributed by atoms with Crippen molar-refractivity contribution in [1.29, 1.82) is 0 Å². The van der Waals surface area contributed by atoms with Gasteiger partial charge in [0.05, 0.1) is 12.6 Å². The van der Waals surface area contributed by atoms with E-state index in [0.29, 0.717) is 12.5 Å². The van der Waals surface area contributed by atoms with Crippen LogP contribution in [-0.4, -0.2) is 57.1 Å². The predicted octanol–water partition coefficient (Wildman–Crippen LogP) is 1.02. The smallest absolute Gasteiger partial charge is 0.278 e. The third kappa shape index (κ3) is 5.18. The van der Waals surface area contributed by atoms with E-state index in [1.165, 1.54) is 28.0 Å². The minimum Gasteiger partial charge on any atom is -0.334 e. The molecule has 1 heterocycles. The number of amides is 1. The van der Waals surface area contributed by atoms with Crippen molar-refractivity contribution in [2.75, 3.05) is 46.3 Å². The van der Waals surface area contributed by atoms with Gasteiger partial charge in [0.15, 0.2) is 6.54 Å². The number of nitrogens with zero attached hydrogens (tertiary/aromatic N) is 1. The van der Waals surface area contributed by atoms with Crippen molar-refractivity contribution in [2.45, 2.75) is 25.3 Å². The van der Waals surface area contributed by atoms with E-state index in [0.717, 1.165) is 45.6 Å². The summed E-state index contributed by atoms with van der Waals surface area (Å²) >= 11 is 0. The number of nitrogens with one attached hydrogen (secondary N) is 2. The van der Waals surface area contributed by atoms with E-state index in [1.807, 2.05) is 11.9 Å². The van der Waals surface area contributed by atoms with Crippen molar-refractivity contribution >= 4 is 12.0 Å². The summed E-state index contributed by atoms with van der Waals surface area (Å²) < 4.78 is 0. The second-order valence-electron chi connectivity index (χ2n) is 8.81. The van der Waals surface area contributed by atoms with Gasteiger partial charge in [0.1, 0.15) is 26.2 Å². The first-order valence-corrected chi connectivity index (χ1v) is 11.4. The molecule has 1 amide bonds. The number of fused-ring (bicyclic) bond motifs is 1. The van der Waals surface area contributed by atoms with Crippen LogP contribution in [0.15, 0.2) is 60.7 Å². The number of piperazine rings is 1. The molecule has 0 saturated carbocycles. The number of aryl methyl sites for hydroxylation is 1. The summed E-state index contributed by atoms with van der Waals surface area (Å²) in [4.78, 5) is 18.1. The third-order valence-corrected chi connectivity index (χ3v) is 6.78. The summed E-state index contributed by atoms with van der Waals surface area (Å²) in [6.07, 6.45) is 7.90. The third-order valence-electron chi connectivity index (χ3n) is 6.78. The van der Waals surface area contributed by atoms with Crippen LogP contribution in [0.3, 0.4) is 0 Å². The van der Waals surface area contributed by atoms with Gasteiger partial charge in [-0.1, -0.05) is 60.7 Å². The molecule has 4 heteroatoms. The first-order chi connectivity index (χ1) is 14.7. The van der Waals surface area contributed by atoms with Gasteiger partial charge in [-0.2, -0.15) is 0 Å². The number of carbonyl (C=O) groups is 1. The maximum absolute atomic E-state index is 13.0. The van der Waals surface area contributed by atoms with E-state index in [1.54, 1.807) is 4.90 Å². The standard InChI is InChI=1S/C26H33N3O/c1-27(25-15-7-13-23-12-5-6-14-24(23)25)26(30)21-29-19-17-28(18-20-29)16-8-11-22-9-3-2-4-10-22/h2-6,8-12,14,25H,7,13,15-21H2,1H3/p+2/b11-8+/t25-/m1/s1. The van der Waals surface area contributed by atoms with Crippen LogP contribution in [0.25, 0.3) is 6.08 Å². The fraction of sp³-hybridized carbons (Fsp3) is 0.423. The summed E-state index contributed by atoms with van der Waals surface area (Å²) in [6, 6.07) is 19.4. The molecule has 1 fully saturated rings. The van der Waals surface area contributed by atoms with Crippen molar-refractivity contribution in [3.8, 4) is 0 Å². The highest BCUT2D eigenvalue weighted by Crippen LogP contribution is 2.33. The number of benzene rings is 2. The van der Waals surface area contributed by atoms with Crippen LogP contribution in [0.4, 0.5) is 0 Å². The summed E-state index contributed by atoms with van der Waals surface area (Å²) in [5.74, 6) is 0.291. The lowest BCUT2D eigenvalue weighted by Crippen LogP contribution is -3.28. The van der Waals surface area contributed by atoms with Crippen molar-refractivity contribution in [2.24, 2.45) is 0 Å². The van der Waals surface area contributed by atoms with Crippen LogP contribution in [0.5, 0.6) is 0 Å². The second-order valence-corrected chi connectivity index (χ2v) is 8.81. The molecule has 2 aromatic rings. The first kappa shape index (κ1) is 20.8. The molecule has 1 saturated heterocycles. The van der Waals surface area contributed by atoms with E-state index >= 15 is 0 Å². The Hall–Kier alpha value is -2.43. The molecule has 2 aromatic carbocycles. The molecule has 4 nitrogen and oxygen atoms in total. The summed E-state index contributed by atoms with van der Waals surface area (Å²) in [5.41, 5.74) is 4.04. The van der Waals surface area contributed by atoms with Crippen LogP contribution in [0, 0.1) is 0 Å². The number of likely N-dealkylation sites (N-methyl/N-ethyl adjacent to an activating group) is 1. The maximum atomic E-state index is 13.0. The molecule has 158 valence electrons. The van der Waals surface area contributed by atoms with Crippen LogP contribution < -0.4 is 9.80 Å². The van der Waals surface area contributed by atoms with Crippen LogP contribution in [-0.2, 0) is 11.2 Å². The summed E-state index contributed by atoms with van der Waals surface area (Å²) in [7, 11) is 2.00. The highest BCUT2D eigenvalue weighted by atomic mass is 16.2. The Labute approximate surface area is 180 Å². The van der Waals surface area contributed by atoms with Crippen LogP contribution in [0.2, 0.25) is 0 Å². The van der Waals surface area contributed by atoms with Gasteiger partial charge in [-0.15, -0.1) is 0 Å². The van der Waals surface area contributed by atoms with Crippen LogP contribution in [0.1, 0.15) is 35.6 Å². The summed E-state index contributed by atoms with van der Waals surface area (Å²) in [5, 5.41) is 0. The Morgan fingerprint density at radius 2 is 1.70 bits per heavy atom. The predicted molar refractivity (Wildman–Crippen MR) is 121 cm³/mol. The van der Waals surface area contributed by atoms with Gasteiger partial charge in [-0.05, 0) is 42.0 Å². The maximum Gasteiger partial charge on any atom is 0.278 e. The monoisotopic (exact) mass is 405 g/mol. The zero-order valence-electron chi connectivity index (χ0n) is 18.1. The molecule has 0 radical (unpaired) electrons. The number of hydrogen-bond donors (Lipinski definition) is 2. The normalized spacial score (nSPS) is 23.8. The molecule has 30 heavy (non-hydrogen) atoms. The van der Waals surface area contributed by atoms with E-state index in [9.17, 15) is 4.79 Å². The van der Waals surface area contributed by atoms with Gasteiger partial charge in [0, 0.05) is 7.05 Å². The number of rotatable bonds is 6. The largest absolute Gasteiger partial charge is 0.334 e. The highest BCUT2D eigenvalue weighted by molar-refractivity contribution is 5.77. The molecule has 1 atom stereocenters. The van der Waals surface area contributed by atoms with Crippen molar-refractivity contribution in [1.82, 2.24) is 4.90 Å². The van der Waals surface area contributed by atoms with E-state index < -0.39 is 0 Å². The minimum atomic E-state index is 0.247. The SMILES string of the molecule is CN(C(=O)C[NH+]1CC[NH+](C/C=C/c2ccccc2)CC1)[C@@H]1CCCc2ccccc21. The fourth-order valence-corrected chi connectivity index (χ4v) is 4.91. The lowest BCUT2D eigenvalue weighted by Gasteiger charge is -2.35. The number of quaternary nitrogens is 2. The topological polar surface area (TPSA) is 29.2 Å². The second kappa shape index (κ2) is 10.1. The molecular formula is C26H35N3O+2. The van der Waals surface area contributed by atoms with Gasteiger partial charge in [-0.3, -0.25) is 4.79 Å². The molecule has 4 rings (SSSR count). The molecular weight excluding hydrogens is 370 g/mol. The molecule has 1 aliphatic heterocycles.